The van der Waals surface area contributed by atoms with Crippen molar-refractivity contribution in [3.05, 3.63) is 30.1 Å². The van der Waals surface area contributed by atoms with Gasteiger partial charge in [0.2, 0.25) is 0 Å². The third kappa shape index (κ3) is 1.52. The molecule has 0 heterocycles. The molecule has 0 bridgehead atoms. The molecule has 1 aromatic rings. The number of hydrogen-bond acceptors (Lipinski definition) is 0. The third-order valence-corrected chi connectivity index (χ3v) is 2.24. The predicted molar refractivity (Wildman–Crippen MR) is 34.6 cm³/mol. The number of benzene rings is 1. The van der Waals surface area contributed by atoms with Gasteiger partial charge >= 0.3 is 62.5 Å². The van der Waals surface area contributed by atoms with E-state index in [0.29, 0.717) is 0 Å². The van der Waals surface area contributed by atoms with Gasteiger partial charge in [-0.2, -0.15) is 0 Å². The third-order valence-electron chi connectivity index (χ3n) is 0.849. The normalized spacial score (nSPS) is 9.25. The second kappa shape index (κ2) is 2.54. The summed E-state index contributed by atoms with van der Waals surface area (Å²) in [7, 11) is 0. The van der Waals surface area contributed by atoms with Crippen molar-refractivity contribution in [2.45, 2.75) is 0 Å². The summed E-state index contributed by atoms with van der Waals surface area (Å²) in [4.78, 5) is 0. The van der Waals surface area contributed by atoms with E-state index in [4.69, 9.17) is 0 Å². The molecule has 0 aliphatic rings. The van der Waals surface area contributed by atoms with E-state index in [1.165, 1.54) is 6.07 Å². The fraction of sp³-hybridized carbons (Fsp3) is 0. The molecular weight excluding hydrogens is 300 g/mol. The fourth-order valence-corrected chi connectivity index (χ4v) is 1.56. The van der Waals surface area contributed by atoms with Gasteiger partial charge in [0, 0.05) is 0 Å². The Morgan fingerprint density at radius 3 is 2.50 bits per heavy atom. The van der Waals surface area contributed by atoms with E-state index in [9.17, 15) is 4.39 Å². The van der Waals surface area contributed by atoms with E-state index in [0.717, 1.165) is 28.0 Å². The summed E-state index contributed by atoms with van der Waals surface area (Å²) in [6, 6.07) is 6.72. The van der Waals surface area contributed by atoms with E-state index < -0.39 is 0 Å². The van der Waals surface area contributed by atoms with Crippen LogP contribution in [0.4, 0.5) is 4.39 Å². The van der Waals surface area contributed by atoms with E-state index >= 15 is 0 Å². The molecule has 0 radical (unpaired) electrons. The van der Waals surface area contributed by atoms with E-state index in [1.807, 2.05) is 6.07 Å². The van der Waals surface area contributed by atoms with Gasteiger partial charge in [-0.1, -0.05) is 0 Å². The van der Waals surface area contributed by atoms with Gasteiger partial charge in [-0.15, -0.1) is 0 Å². The molecule has 42 valence electrons. The van der Waals surface area contributed by atoms with Crippen LogP contribution >= 0.6 is 0 Å². The van der Waals surface area contributed by atoms with Crippen LogP contribution in [0.5, 0.6) is 0 Å². The van der Waals surface area contributed by atoms with Crippen LogP contribution in [0.2, 0.25) is 0 Å². The van der Waals surface area contributed by atoms with Crippen LogP contribution in [0.1, 0.15) is 0 Å². The molecule has 0 saturated carbocycles. The van der Waals surface area contributed by atoms with Crippen molar-refractivity contribution in [1.82, 2.24) is 0 Å². The number of rotatable bonds is 0. The first kappa shape index (κ1) is 6.16. The van der Waals surface area contributed by atoms with Crippen molar-refractivity contribution >= 4 is 28.0 Å². The van der Waals surface area contributed by atoms with Gasteiger partial charge in [-0.05, 0) is 0 Å². The predicted octanol–water partition coefficient (Wildman–Crippen LogP) is 0.0841. The summed E-state index contributed by atoms with van der Waals surface area (Å²) in [5.74, 6) is -0.120. The summed E-state index contributed by atoms with van der Waals surface area (Å²) in [5, 5.41) is 0. The zero-order valence-corrected chi connectivity index (χ0v) is 8.75. The summed E-state index contributed by atoms with van der Waals surface area (Å²) >= 11 is 0.746. The number of hydrogen-bond donors (Lipinski definition) is 0. The molecule has 0 aromatic heterocycles. The summed E-state index contributed by atoms with van der Waals surface area (Å²) < 4.78 is 13.3. The van der Waals surface area contributed by atoms with Gasteiger partial charge in [0.1, 0.15) is 0 Å². The average Bonchev–Trinajstić information content (AvgIpc) is 1.64. The van der Waals surface area contributed by atoms with Crippen LogP contribution in [-0.2, 0) is 0 Å². The molecule has 1 rings (SSSR count). The quantitative estimate of drug-likeness (QED) is 0.596. The van der Waals surface area contributed by atoms with Crippen LogP contribution in [0, 0.1) is 5.82 Å². The maximum absolute atomic E-state index is 12.2. The van der Waals surface area contributed by atoms with E-state index in [1.54, 1.807) is 12.1 Å². The van der Waals surface area contributed by atoms with Crippen LogP contribution in [0.25, 0.3) is 0 Å². The minimum atomic E-state index is -0.120. The Bertz CT molecular complexity index is 168. The van der Waals surface area contributed by atoms with E-state index in [-0.39, 0.29) is 5.82 Å². The van der Waals surface area contributed by atoms with Crippen LogP contribution in [-0.4, -0.2) is 24.7 Å². The minimum absolute atomic E-state index is 0.120. The molecule has 0 aliphatic carbocycles. The summed E-state index contributed by atoms with van der Waals surface area (Å²) in [6.45, 7) is 0. The molecule has 0 N–H and O–H groups in total. The molecule has 8 heavy (non-hydrogen) atoms. The monoisotopic (exact) mass is 306 g/mol. The topological polar surface area (TPSA) is 0 Å². The molecule has 0 spiro atoms. The molecule has 0 saturated heterocycles. The van der Waals surface area contributed by atoms with Gasteiger partial charge in [0.15, 0.2) is 0 Å². The van der Waals surface area contributed by atoms with Crippen molar-refractivity contribution in [2.75, 3.05) is 0 Å². The Hall–Kier alpha value is 0.0331. The first-order valence-corrected chi connectivity index (χ1v) is 4.54. The SMILES string of the molecule is Fc1ccc[c]([BiH2])c1. The summed E-state index contributed by atoms with van der Waals surface area (Å²) in [5.41, 5.74) is 0. The molecular formula is C6H6BiF. The molecule has 1 aromatic carbocycles. The second-order valence-corrected chi connectivity index (χ2v) is 4.15. The first-order valence-electron chi connectivity index (χ1n) is 2.30. The van der Waals surface area contributed by atoms with Gasteiger partial charge in [0.05, 0.1) is 0 Å². The first-order chi connectivity index (χ1) is 3.79. The molecule has 0 amide bonds. The zero-order valence-electron chi connectivity index (χ0n) is 4.26. The molecule has 0 aliphatic heterocycles. The molecule has 0 nitrogen and oxygen atoms in total. The Morgan fingerprint density at radius 2 is 2.12 bits per heavy atom. The molecule has 0 unspecified atom stereocenters. The van der Waals surface area contributed by atoms with Crippen molar-refractivity contribution in [2.24, 2.45) is 0 Å². The zero-order chi connectivity index (χ0) is 5.98. The van der Waals surface area contributed by atoms with Crippen molar-refractivity contribution in [3.63, 3.8) is 0 Å². The molecule has 2 heteroatoms. The average molecular weight is 306 g/mol. The van der Waals surface area contributed by atoms with Crippen LogP contribution < -0.4 is 3.27 Å². The van der Waals surface area contributed by atoms with Gasteiger partial charge in [-0.25, -0.2) is 0 Å². The Kier molecular flexibility index (Phi) is 1.96. The number of halogens is 1. The van der Waals surface area contributed by atoms with Crippen molar-refractivity contribution < 1.29 is 4.39 Å². The standard InChI is InChI=1S/C6H4F.Bi.2H/c7-6-4-2-1-3-5-6;;;/h1-2,4-5H;;;. The Morgan fingerprint density at radius 1 is 1.38 bits per heavy atom. The van der Waals surface area contributed by atoms with Gasteiger partial charge in [-0.3, -0.25) is 0 Å². The van der Waals surface area contributed by atoms with Gasteiger partial charge in [0.25, 0.3) is 0 Å². The Labute approximate surface area is 62.6 Å². The van der Waals surface area contributed by atoms with E-state index in [2.05, 4.69) is 0 Å². The molecule has 0 atom stereocenters. The Balaban J connectivity index is 3.08. The van der Waals surface area contributed by atoms with Gasteiger partial charge < -0.3 is 0 Å². The fourth-order valence-electron chi connectivity index (χ4n) is 0.507. The molecule has 0 fully saturated rings. The van der Waals surface area contributed by atoms with Crippen molar-refractivity contribution in [1.29, 1.82) is 0 Å². The van der Waals surface area contributed by atoms with Crippen LogP contribution in [0.15, 0.2) is 24.3 Å². The maximum atomic E-state index is 12.2. The van der Waals surface area contributed by atoms with Crippen LogP contribution in [0.3, 0.4) is 0 Å². The second-order valence-electron chi connectivity index (χ2n) is 1.56. The van der Waals surface area contributed by atoms with Crippen molar-refractivity contribution in [3.8, 4) is 0 Å². The summed E-state index contributed by atoms with van der Waals surface area (Å²) in [6.07, 6.45) is 0.